The number of para-hydroxylation sites is 1. The van der Waals surface area contributed by atoms with E-state index in [1.54, 1.807) is 0 Å². The highest BCUT2D eigenvalue weighted by molar-refractivity contribution is 5.90. The van der Waals surface area contributed by atoms with Gasteiger partial charge in [0.2, 0.25) is 0 Å². The van der Waals surface area contributed by atoms with Gasteiger partial charge in [-0.25, -0.2) is 0 Å². The number of allylic oxidation sites excluding steroid dienone is 7. The summed E-state index contributed by atoms with van der Waals surface area (Å²) in [6, 6.07) is 85.5. The molecular weight excluding hydrogens is 797 g/mol. The molecule has 0 spiro atoms. The second kappa shape index (κ2) is 18.3. The van der Waals surface area contributed by atoms with Crippen molar-refractivity contribution in [2.45, 2.75) is 6.42 Å². The topological polar surface area (TPSA) is 6.48 Å². The standard InChI is InChI=1S/C64H48N2/c1-5-17-47(18-6-1)49-31-37-57(38-32-49)65(56-27-11-4-12-28-56)60-43-44-61(63(46-60)53-21-9-3-10-22-53)55-26-15-25-54(45-55)51-35-41-59(42-36-51)66(64-30-16-24-52-23-13-14-29-62(52)64)58-39-33-50(34-40-58)48-19-7-2-8-20-48/h1-23,25-46,52H,24H2. The van der Waals surface area contributed by atoms with Gasteiger partial charge in [-0.2, -0.15) is 0 Å². The molecule has 0 saturated carbocycles. The first-order valence-electron chi connectivity index (χ1n) is 22.9. The van der Waals surface area contributed by atoms with E-state index in [2.05, 4.69) is 283 Å². The quantitative estimate of drug-likeness (QED) is 0.128. The van der Waals surface area contributed by atoms with Gasteiger partial charge in [-0.1, -0.05) is 200 Å². The predicted octanol–water partition coefficient (Wildman–Crippen LogP) is 17.6. The smallest absolute Gasteiger partial charge is 0.0496 e. The van der Waals surface area contributed by atoms with E-state index in [1.807, 2.05) is 0 Å². The van der Waals surface area contributed by atoms with Crippen molar-refractivity contribution in [1.29, 1.82) is 0 Å². The van der Waals surface area contributed by atoms with Crippen LogP contribution in [0.5, 0.6) is 0 Å². The Morgan fingerprint density at radius 3 is 1.35 bits per heavy atom. The molecule has 9 aromatic carbocycles. The Morgan fingerprint density at radius 2 is 0.758 bits per heavy atom. The summed E-state index contributed by atoms with van der Waals surface area (Å²) >= 11 is 0. The first kappa shape index (κ1) is 40.3. The molecule has 0 aromatic heterocycles. The van der Waals surface area contributed by atoms with Crippen LogP contribution in [-0.2, 0) is 0 Å². The largest absolute Gasteiger partial charge is 0.310 e. The van der Waals surface area contributed by atoms with Gasteiger partial charge in [-0.15, -0.1) is 0 Å². The molecule has 66 heavy (non-hydrogen) atoms. The van der Waals surface area contributed by atoms with Crippen molar-refractivity contribution >= 4 is 28.4 Å². The molecule has 0 bridgehead atoms. The van der Waals surface area contributed by atoms with Gasteiger partial charge in [0.05, 0.1) is 0 Å². The number of fused-ring (bicyclic) bond motifs is 1. The Labute approximate surface area is 388 Å². The van der Waals surface area contributed by atoms with E-state index in [0.29, 0.717) is 5.92 Å². The number of hydrogen-bond acceptors (Lipinski definition) is 2. The van der Waals surface area contributed by atoms with Crippen LogP contribution in [0.4, 0.5) is 28.4 Å². The van der Waals surface area contributed by atoms with Gasteiger partial charge in [0.15, 0.2) is 0 Å². The van der Waals surface area contributed by atoms with Gasteiger partial charge in [0.1, 0.15) is 0 Å². The lowest BCUT2D eigenvalue weighted by atomic mass is 9.86. The maximum atomic E-state index is 2.42. The average Bonchev–Trinajstić information content (AvgIpc) is 3.40. The highest BCUT2D eigenvalue weighted by Gasteiger charge is 2.24. The molecule has 0 aliphatic heterocycles. The molecule has 2 aliphatic rings. The summed E-state index contributed by atoms with van der Waals surface area (Å²) in [5.74, 6) is 0.367. The SMILES string of the molecule is C1=CC2=C(N(c3ccc(-c4ccccc4)cc3)c3ccc(-c4cccc(-c5ccc(N(c6ccccc6)c6ccc(-c7ccccc7)cc6)cc5-c5ccccc5)c4)cc3)C=CCC2C=C1. The van der Waals surface area contributed by atoms with Crippen LogP contribution in [0.1, 0.15) is 6.42 Å². The average molecular weight is 845 g/mol. The van der Waals surface area contributed by atoms with Crippen LogP contribution in [0.25, 0.3) is 55.6 Å². The molecule has 2 heteroatoms. The fourth-order valence-corrected chi connectivity index (χ4v) is 9.46. The Bertz CT molecular complexity index is 3220. The summed E-state index contributed by atoms with van der Waals surface area (Å²) < 4.78 is 0. The van der Waals surface area contributed by atoms with Crippen LogP contribution in [0, 0.1) is 5.92 Å². The van der Waals surface area contributed by atoms with Crippen LogP contribution in [0.15, 0.2) is 284 Å². The molecule has 0 saturated heterocycles. The third kappa shape index (κ3) is 8.25. The predicted molar refractivity (Wildman–Crippen MR) is 279 cm³/mol. The van der Waals surface area contributed by atoms with Gasteiger partial charge < -0.3 is 9.80 Å². The summed E-state index contributed by atoms with van der Waals surface area (Å²) in [4.78, 5) is 4.77. The fraction of sp³-hybridized carbons (Fsp3) is 0.0312. The Morgan fingerprint density at radius 1 is 0.303 bits per heavy atom. The van der Waals surface area contributed by atoms with Crippen molar-refractivity contribution in [1.82, 2.24) is 0 Å². The summed E-state index contributed by atoms with van der Waals surface area (Å²) in [7, 11) is 0. The molecular formula is C64H48N2. The second-order valence-corrected chi connectivity index (χ2v) is 16.9. The molecule has 11 rings (SSSR count). The van der Waals surface area contributed by atoms with Crippen molar-refractivity contribution in [3.05, 3.63) is 284 Å². The molecule has 0 heterocycles. The van der Waals surface area contributed by atoms with Gasteiger partial charge in [-0.3, -0.25) is 0 Å². The third-order valence-corrected chi connectivity index (χ3v) is 12.8. The molecule has 0 radical (unpaired) electrons. The molecule has 0 amide bonds. The third-order valence-electron chi connectivity index (χ3n) is 12.8. The lowest BCUT2D eigenvalue weighted by Crippen LogP contribution is -2.21. The van der Waals surface area contributed by atoms with E-state index in [0.717, 1.165) is 34.9 Å². The van der Waals surface area contributed by atoms with Crippen LogP contribution in [-0.4, -0.2) is 0 Å². The Kier molecular flexibility index (Phi) is 11.2. The van der Waals surface area contributed by atoms with Crippen molar-refractivity contribution in [3.8, 4) is 55.6 Å². The fourth-order valence-electron chi connectivity index (χ4n) is 9.46. The lowest BCUT2D eigenvalue weighted by molar-refractivity contribution is 0.763. The molecule has 0 N–H and O–H groups in total. The lowest BCUT2D eigenvalue weighted by Gasteiger charge is -2.32. The summed E-state index contributed by atoms with van der Waals surface area (Å²) in [5.41, 5.74) is 20.0. The number of rotatable bonds is 11. The monoisotopic (exact) mass is 844 g/mol. The Balaban J connectivity index is 0.953. The summed E-state index contributed by atoms with van der Waals surface area (Å²) in [5, 5.41) is 0. The number of nitrogens with zero attached hydrogens (tertiary/aromatic N) is 2. The van der Waals surface area contributed by atoms with Crippen molar-refractivity contribution in [2.75, 3.05) is 9.80 Å². The number of anilines is 5. The van der Waals surface area contributed by atoms with Crippen molar-refractivity contribution in [3.63, 3.8) is 0 Å². The zero-order valence-corrected chi connectivity index (χ0v) is 36.7. The van der Waals surface area contributed by atoms with E-state index in [1.165, 1.54) is 66.9 Å². The van der Waals surface area contributed by atoms with E-state index in [-0.39, 0.29) is 0 Å². The molecule has 1 unspecified atom stereocenters. The van der Waals surface area contributed by atoms with Gasteiger partial charge in [0.25, 0.3) is 0 Å². The first-order valence-corrected chi connectivity index (χ1v) is 22.9. The van der Waals surface area contributed by atoms with Crippen LogP contribution in [0.2, 0.25) is 0 Å². The van der Waals surface area contributed by atoms with Crippen LogP contribution in [0.3, 0.4) is 0 Å². The summed E-state index contributed by atoms with van der Waals surface area (Å²) in [6.45, 7) is 0. The number of benzene rings is 9. The van der Waals surface area contributed by atoms with E-state index < -0.39 is 0 Å². The van der Waals surface area contributed by atoms with E-state index >= 15 is 0 Å². The molecule has 0 fully saturated rings. The van der Waals surface area contributed by atoms with Crippen LogP contribution >= 0.6 is 0 Å². The van der Waals surface area contributed by atoms with Crippen molar-refractivity contribution < 1.29 is 0 Å². The highest BCUT2D eigenvalue weighted by Crippen LogP contribution is 2.43. The van der Waals surface area contributed by atoms with Gasteiger partial charge in [-0.05, 0) is 140 Å². The molecule has 9 aromatic rings. The normalized spacial score (nSPS) is 13.9. The van der Waals surface area contributed by atoms with Gasteiger partial charge >= 0.3 is 0 Å². The molecule has 2 nitrogen and oxygen atoms in total. The minimum absolute atomic E-state index is 0.367. The maximum Gasteiger partial charge on any atom is 0.0496 e. The zero-order valence-electron chi connectivity index (χ0n) is 36.7. The van der Waals surface area contributed by atoms with E-state index in [9.17, 15) is 0 Å². The number of hydrogen-bond donors (Lipinski definition) is 0. The maximum absolute atomic E-state index is 2.42. The molecule has 1 atom stereocenters. The minimum atomic E-state index is 0.367. The van der Waals surface area contributed by atoms with E-state index in [4.69, 9.17) is 0 Å². The summed E-state index contributed by atoms with van der Waals surface area (Å²) in [6.07, 6.45) is 14.6. The Hall–Kier alpha value is -8.46. The molecule has 2 aliphatic carbocycles. The molecule has 314 valence electrons. The minimum Gasteiger partial charge on any atom is -0.310 e. The second-order valence-electron chi connectivity index (χ2n) is 16.9. The highest BCUT2D eigenvalue weighted by atomic mass is 15.2. The van der Waals surface area contributed by atoms with Crippen molar-refractivity contribution in [2.24, 2.45) is 5.92 Å². The first-order chi connectivity index (χ1) is 32.7. The zero-order chi connectivity index (χ0) is 44.1. The van der Waals surface area contributed by atoms with Gasteiger partial charge in [0, 0.05) is 40.1 Å². The van der Waals surface area contributed by atoms with Crippen LogP contribution < -0.4 is 9.80 Å².